The maximum absolute atomic E-state index is 6.15. The first-order chi connectivity index (χ1) is 23.6. The Morgan fingerprint density at radius 2 is 1.15 bits per heavy atom. The topological polar surface area (TPSA) is 21.3 Å². The van der Waals surface area contributed by atoms with Gasteiger partial charge < -0.3 is 8.98 Å². The smallest absolute Gasteiger partial charge is 0.135 e. The van der Waals surface area contributed by atoms with Crippen LogP contribution in [0.2, 0.25) is 0 Å². The second-order valence-corrected chi connectivity index (χ2v) is 13.9. The molecule has 0 aliphatic heterocycles. The summed E-state index contributed by atoms with van der Waals surface area (Å²) in [7, 11) is 2.15. The number of benzene rings is 7. The molecule has 230 valence electrons. The van der Waals surface area contributed by atoms with E-state index < -0.39 is 0 Å². The average Bonchev–Trinajstić information content (AvgIpc) is 3.67. The van der Waals surface area contributed by atoms with Crippen molar-refractivity contribution in [1.29, 1.82) is 0 Å². The molecular weight excluding hydrogens is 699 g/mol. The number of hydrogen-bond acceptors (Lipinski definition) is 2. The molecule has 0 aliphatic carbocycles. The summed E-state index contributed by atoms with van der Waals surface area (Å²) >= 11 is 2.42. The number of para-hydroxylation sites is 2. The van der Waals surface area contributed by atoms with Crippen molar-refractivity contribution in [2.45, 2.75) is 6.04 Å². The minimum atomic E-state index is 0.113. The molecule has 0 aliphatic rings. The lowest BCUT2D eigenvalue weighted by atomic mass is 9.94. The molecule has 0 bridgehead atoms. The predicted octanol–water partition coefficient (Wildman–Crippen LogP) is 12.4. The molecule has 4 heteroatoms. The lowest BCUT2D eigenvalue weighted by Crippen LogP contribution is -2.16. The van der Waals surface area contributed by atoms with Crippen molar-refractivity contribution >= 4 is 66.6 Å². The van der Waals surface area contributed by atoms with Crippen LogP contribution in [0.5, 0.6) is 0 Å². The van der Waals surface area contributed by atoms with E-state index in [2.05, 4.69) is 189 Å². The Bertz CT molecular complexity index is 2600. The lowest BCUT2D eigenvalue weighted by molar-refractivity contribution is 0.520. The van der Waals surface area contributed by atoms with Crippen molar-refractivity contribution in [2.24, 2.45) is 0 Å². The van der Waals surface area contributed by atoms with Gasteiger partial charge in [-0.25, -0.2) is 3.11 Å². The normalized spacial score (nSPS) is 12.5. The minimum Gasteiger partial charge on any atom is -0.456 e. The molecule has 0 amide bonds. The number of furan rings is 1. The second kappa shape index (κ2) is 11.8. The summed E-state index contributed by atoms with van der Waals surface area (Å²) in [6.07, 6.45) is 0. The molecule has 48 heavy (non-hydrogen) atoms. The van der Waals surface area contributed by atoms with E-state index in [1.807, 2.05) is 12.1 Å². The van der Waals surface area contributed by atoms with E-state index in [1.165, 1.54) is 55.2 Å². The summed E-state index contributed by atoms with van der Waals surface area (Å²) in [5, 5.41) is 4.76. The van der Waals surface area contributed by atoms with Gasteiger partial charge in [-0.1, -0.05) is 121 Å². The number of fused-ring (bicyclic) bond motifs is 6. The van der Waals surface area contributed by atoms with Gasteiger partial charge in [-0.05, 0) is 77.3 Å². The Balaban J connectivity index is 1.28. The molecule has 9 rings (SSSR count). The molecule has 2 aromatic heterocycles. The molecule has 0 N–H and O–H groups in total. The van der Waals surface area contributed by atoms with Gasteiger partial charge in [0.2, 0.25) is 0 Å². The molecule has 1 unspecified atom stereocenters. The molecule has 3 nitrogen and oxygen atoms in total. The van der Waals surface area contributed by atoms with Crippen LogP contribution in [0.15, 0.2) is 168 Å². The Labute approximate surface area is 293 Å². The fourth-order valence-electron chi connectivity index (χ4n) is 7.32. The van der Waals surface area contributed by atoms with Crippen LogP contribution >= 0.6 is 22.9 Å². The molecule has 7 aromatic carbocycles. The summed E-state index contributed by atoms with van der Waals surface area (Å²) in [6.45, 7) is 0. The highest BCUT2D eigenvalue weighted by Gasteiger charge is 2.22. The van der Waals surface area contributed by atoms with Crippen LogP contribution in [0.4, 0.5) is 0 Å². The van der Waals surface area contributed by atoms with Crippen molar-refractivity contribution in [3.8, 4) is 27.9 Å². The first kappa shape index (κ1) is 29.0. The number of aromatic nitrogens is 1. The number of nitrogens with zero attached hydrogens (tertiary/aromatic N) is 2. The monoisotopic (exact) mass is 730 g/mol. The van der Waals surface area contributed by atoms with E-state index in [-0.39, 0.29) is 6.04 Å². The Hall–Kier alpha value is -5.17. The molecule has 0 fully saturated rings. The van der Waals surface area contributed by atoms with Gasteiger partial charge >= 0.3 is 0 Å². The molecule has 0 spiro atoms. The Kier molecular flexibility index (Phi) is 7.14. The summed E-state index contributed by atoms with van der Waals surface area (Å²) in [5.74, 6) is 0. The highest BCUT2D eigenvalue weighted by atomic mass is 127. The van der Waals surface area contributed by atoms with Gasteiger partial charge in [0.1, 0.15) is 11.2 Å². The second-order valence-electron chi connectivity index (χ2n) is 12.4. The summed E-state index contributed by atoms with van der Waals surface area (Å²) in [4.78, 5) is 0. The fraction of sp³-hybridized carbons (Fsp3) is 0.0455. The third-order valence-electron chi connectivity index (χ3n) is 9.52. The largest absolute Gasteiger partial charge is 0.456 e. The Morgan fingerprint density at radius 3 is 1.96 bits per heavy atom. The third-order valence-corrected chi connectivity index (χ3v) is 10.1. The zero-order valence-corrected chi connectivity index (χ0v) is 28.5. The highest BCUT2D eigenvalue weighted by molar-refractivity contribution is 14.1. The van der Waals surface area contributed by atoms with Crippen molar-refractivity contribution in [3.63, 3.8) is 0 Å². The van der Waals surface area contributed by atoms with Gasteiger partial charge in [-0.15, -0.1) is 0 Å². The van der Waals surface area contributed by atoms with Crippen molar-refractivity contribution in [1.82, 2.24) is 7.68 Å². The molecule has 1 atom stereocenters. The molecule has 0 radical (unpaired) electrons. The zero-order chi connectivity index (χ0) is 32.2. The number of rotatable bonds is 6. The van der Waals surface area contributed by atoms with Gasteiger partial charge in [-0.2, -0.15) is 0 Å². The first-order valence-electron chi connectivity index (χ1n) is 16.2. The molecule has 0 saturated carbocycles. The molecule has 0 saturated heterocycles. The van der Waals surface area contributed by atoms with Crippen LogP contribution < -0.4 is 0 Å². The average molecular weight is 731 g/mol. The van der Waals surface area contributed by atoms with Gasteiger partial charge in [0.05, 0.1) is 22.8 Å². The lowest BCUT2D eigenvalue weighted by Gasteiger charge is -2.25. The van der Waals surface area contributed by atoms with E-state index >= 15 is 0 Å². The number of halogens is 1. The quantitative estimate of drug-likeness (QED) is 0.125. The van der Waals surface area contributed by atoms with Crippen molar-refractivity contribution in [2.75, 3.05) is 7.05 Å². The van der Waals surface area contributed by atoms with Crippen LogP contribution in [0, 0.1) is 0 Å². The van der Waals surface area contributed by atoms with Crippen LogP contribution in [0.1, 0.15) is 17.2 Å². The summed E-state index contributed by atoms with van der Waals surface area (Å²) in [6, 6.07) is 59.1. The SMILES string of the molecule is CN(I)C(c1ccccc1)c1ccc(-n2c3ccccc3c3ccc(-c4ccc5oc6ccccc6c5c4)cc32)c(-c2ccccc2)c1. The third kappa shape index (κ3) is 4.83. The van der Waals surface area contributed by atoms with Crippen LogP contribution in [0.3, 0.4) is 0 Å². The van der Waals surface area contributed by atoms with E-state index in [9.17, 15) is 0 Å². The highest BCUT2D eigenvalue weighted by Crippen LogP contribution is 2.41. The maximum atomic E-state index is 6.15. The van der Waals surface area contributed by atoms with Gasteiger partial charge in [0.25, 0.3) is 0 Å². The van der Waals surface area contributed by atoms with E-state index in [0.29, 0.717) is 0 Å². The standard InChI is InChI=1S/C44H31IN2O/c1-46(45)44(30-14-6-3-7-15-30)33-21-24-40(37(27-33)29-12-4-2-5-13-29)47-39-18-10-8-16-34(39)35-23-20-32(28-41(35)47)31-22-25-43-38(26-31)36-17-9-11-19-42(36)48-43/h2-28,44H,1H3. The van der Waals surface area contributed by atoms with Crippen LogP contribution in [0.25, 0.3) is 71.7 Å². The Morgan fingerprint density at radius 1 is 0.500 bits per heavy atom. The maximum Gasteiger partial charge on any atom is 0.135 e. The van der Waals surface area contributed by atoms with Gasteiger partial charge in [0.15, 0.2) is 0 Å². The van der Waals surface area contributed by atoms with Gasteiger partial charge in [-0.3, -0.25) is 0 Å². The van der Waals surface area contributed by atoms with Crippen LogP contribution in [-0.4, -0.2) is 14.7 Å². The predicted molar refractivity (Wildman–Crippen MR) is 209 cm³/mol. The minimum absolute atomic E-state index is 0.113. The van der Waals surface area contributed by atoms with Crippen molar-refractivity contribution < 1.29 is 4.42 Å². The first-order valence-corrected chi connectivity index (χ1v) is 17.2. The van der Waals surface area contributed by atoms with E-state index in [4.69, 9.17) is 4.42 Å². The van der Waals surface area contributed by atoms with E-state index in [0.717, 1.165) is 27.6 Å². The molecule has 2 heterocycles. The zero-order valence-electron chi connectivity index (χ0n) is 26.3. The number of hydrogen-bond donors (Lipinski definition) is 0. The van der Waals surface area contributed by atoms with Crippen LogP contribution in [-0.2, 0) is 0 Å². The molecule has 9 aromatic rings. The molecular formula is C44H31IN2O. The summed E-state index contributed by atoms with van der Waals surface area (Å²) in [5.41, 5.74) is 12.6. The van der Waals surface area contributed by atoms with Gasteiger partial charge in [0, 0.05) is 50.0 Å². The van der Waals surface area contributed by atoms with E-state index in [1.54, 1.807) is 0 Å². The van der Waals surface area contributed by atoms with Crippen molar-refractivity contribution in [3.05, 3.63) is 175 Å². The fourth-order valence-corrected chi connectivity index (χ4v) is 7.96. The summed E-state index contributed by atoms with van der Waals surface area (Å²) < 4.78 is 10.9.